The molecule has 1 N–H and O–H groups in total. The summed E-state index contributed by atoms with van der Waals surface area (Å²) in [5, 5.41) is 3.48. The molecule has 1 rings (SSSR count). The lowest BCUT2D eigenvalue weighted by atomic mass is 10.1. The van der Waals surface area contributed by atoms with E-state index in [1.165, 1.54) is 30.8 Å². The van der Waals surface area contributed by atoms with Crippen molar-refractivity contribution in [2.24, 2.45) is 5.92 Å². The molecular weight excluding hydrogens is 206 g/mol. The van der Waals surface area contributed by atoms with Crippen molar-refractivity contribution in [1.29, 1.82) is 0 Å². The molecule has 15 heavy (non-hydrogen) atoms. The quantitative estimate of drug-likeness (QED) is 0.649. The Kier molecular flexibility index (Phi) is 7.49. The van der Waals surface area contributed by atoms with E-state index >= 15 is 0 Å². The Bertz CT molecular complexity index is 147. The number of thioether (sulfide) groups is 1. The van der Waals surface area contributed by atoms with Crippen LogP contribution in [-0.2, 0) is 4.74 Å². The molecule has 1 atom stereocenters. The summed E-state index contributed by atoms with van der Waals surface area (Å²) in [5.74, 6) is 3.22. The van der Waals surface area contributed by atoms with Crippen LogP contribution in [0.1, 0.15) is 33.1 Å². The third-order valence-corrected chi connectivity index (χ3v) is 3.75. The summed E-state index contributed by atoms with van der Waals surface area (Å²) >= 11 is 2.02. The SMILES string of the molecule is CC(C)CCNCCSCC1CCCO1. The molecule has 0 spiro atoms. The smallest absolute Gasteiger partial charge is 0.0666 e. The summed E-state index contributed by atoms with van der Waals surface area (Å²) in [4.78, 5) is 0. The molecule has 0 radical (unpaired) electrons. The highest BCUT2D eigenvalue weighted by Gasteiger charge is 2.14. The number of nitrogens with one attached hydrogen (secondary N) is 1. The molecule has 0 amide bonds. The average molecular weight is 231 g/mol. The zero-order valence-electron chi connectivity index (χ0n) is 10.1. The fourth-order valence-corrected chi connectivity index (χ4v) is 2.63. The minimum Gasteiger partial charge on any atom is -0.377 e. The molecule has 0 aliphatic carbocycles. The third kappa shape index (κ3) is 7.20. The van der Waals surface area contributed by atoms with Crippen molar-refractivity contribution in [2.45, 2.75) is 39.2 Å². The van der Waals surface area contributed by atoms with E-state index in [1.54, 1.807) is 0 Å². The van der Waals surface area contributed by atoms with E-state index in [0.29, 0.717) is 6.10 Å². The van der Waals surface area contributed by atoms with Gasteiger partial charge in [-0.05, 0) is 31.7 Å². The van der Waals surface area contributed by atoms with Crippen molar-refractivity contribution in [2.75, 3.05) is 31.2 Å². The number of rotatable bonds is 8. The van der Waals surface area contributed by atoms with Crippen LogP contribution in [0.5, 0.6) is 0 Å². The maximum Gasteiger partial charge on any atom is 0.0666 e. The zero-order chi connectivity index (χ0) is 10.9. The number of hydrogen-bond donors (Lipinski definition) is 1. The van der Waals surface area contributed by atoms with E-state index in [-0.39, 0.29) is 0 Å². The summed E-state index contributed by atoms with van der Waals surface area (Å²) in [6, 6.07) is 0. The van der Waals surface area contributed by atoms with E-state index in [9.17, 15) is 0 Å². The maximum atomic E-state index is 5.57. The number of ether oxygens (including phenoxy) is 1. The Morgan fingerprint density at radius 2 is 2.27 bits per heavy atom. The van der Waals surface area contributed by atoms with Crippen LogP contribution >= 0.6 is 11.8 Å². The normalized spacial score (nSPS) is 21.4. The van der Waals surface area contributed by atoms with Crippen LogP contribution in [0.25, 0.3) is 0 Å². The summed E-state index contributed by atoms with van der Waals surface area (Å²) in [7, 11) is 0. The first-order valence-electron chi connectivity index (χ1n) is 6.19. The minimum absolute atomic E-state index is 0.547. The van der Waals surface area contributed by atoms with Crippen LogP contribution in [0.2, 0.25) is 0 Å². The van der Waals surface area contributed by atoms with Crippen molar-refractivity contribution in [3.8, 4) is 0 Å². The van der Waals surface area contributed by atoms with E-state index in [1.807, 2.05) is 11.8 Å². The molecule has 1 aliphatic heterocycles. The van der Waals surface area contributed by atoms with Crippen LogP contribution in [0, 0.1) is 5.92 Å². The van der Waals surface area contributed by atoms with Gasteiger partial charge in [0.05, 0.1) is 6.10 Å². The largest absolute Gasteiger partial charge is 0.377 e. The zero-order valence-corrected chi connectivity index (χ0v) is 10.9. The highest BCUT2D eigenvalue weighted by atomic mass is 32.2. The second-order valence-corrected chi connectivity index (χ2v) is 5.79. The van der Waals surface area contributed by atoms with Gasteiger partial charge in [-0.1, -0.05) is 13.8 Å². The Hall–Kier alpha value is 0.270. The summed E-state index contributed by atoms with van der Waals surface area (Å²) in [6.45, 7) is 7.84. The monoisotopic (exact) mass is 231 g/mol. The first kappa shape index (κ1) is 13.3. The fourth-order valence-electron chi connectivity index (χ4n) is 1.65. The highest BCUT2D eigenvalue weighted by molar-refractivity contribution is 7.99. The Morgan fingerprint density at radius 1 is 1.40 bits per heavy atom. The van der Waals surface area contributed by atoms with Crippen LogP contribution in [0.3, 0.4) is 0 Å². The minimum atomic E-state index is 0.547. The predicted molar refractivity (Wildman–Crippen MR) is 68.6 cm³/mol. The molecule has 0 aromatic heterocycles. The van der Waals surface area contributed by atoms with Crippen molar-refractivity contribution in [3.05, 3.63) is 0 Å². The Morgan fingerprint density at radius 3 is 2.93 bits per heavy atom. The molecule has 1 saturated heterocycles. The van der Waals surface area contributed by atoms with Crippen LogP contribution in [0.4, 0.5) is 0 Å². The maximum absolute atomic E-state index is 5.57. The van der Waals surface area contributed by atoms with Gasteiger partial charge in [0.1, 0.15) is 0 Å². The molecule has 0 aromatic carbocycles. The molecule has 90 valence electrons. The van der Waals surface area contributed by atoms with Gasteiger partial charge in [-0.25, -0.2) is 0 Å². The molecule has 3 heteroatoms. The average Bonchev–Trinajstić information content (AvgIpc) is 2.68. The van der Waals surface area contributed by atoms with Gasteiger partial charge in [0.25, 0.3) is 0 Å². The highest BCUT2D eigenvalue weighted by Crippen LogP contribution is 2.16. The van der Waals surface area contributed by atoms with Gasteiger partial charge in [-0.3, -0.25) is 0 Å². The molecule has 0 bridgehead atoms. The standard InChI is InChI=1S/C12H25NOS/c1-11(2)5-6-13-7-9-15-10-12-4-3-8-14-12/h11-13H,3-10H2,1-2H3. The Labute approximate surface area is 98.5 Å². The third-order valence-electron chi connectivity index (χ3n) is 2.65. The molecule has 1 aliphatic rings. The van der Waals surface area contributed by atoms with Crippen molar-refractivity contribution >= 4 is 11.8 Å². The fraction of sp³-hybridized carbons (Fsp3) is 1.00. The summed E-state index contributed by atoms with van der Waals surface area (Å²) < 4.78 is 5.57. The van der Waals surface area contributed by atoms with Gasteiger partial charge < -0.3 is 10.1 Å². The second kappa shape index (κ2) is 8.43. The Balaban J connectivity index is 1.76. The first-order valence-corrected chi connectivity index (χ1v) is 7.34. The van der Waals surface area contributed by atoms with E-state index < -0.39 is 0 Å². The number of hydrogen-bond acceptors (Lipinski definition) is 3. The molecule has 1 heterocycles. The second-order valence-electron chi connectivity index (χ2n) is 4.64. The molecule has 2 nitrogen and oxygen atoms in total. The van der Waals surface area contributed by atoms with E-state index in [0.717, 1.165) is 25.6 Å². The van der Waals surface area contributed by atoms with Gasteiger partial charge in [-0.2, -0.15) is 11.8 Å². The predicted octanol–water partition coefficient (Wildman–Crippen LogP) is 2.53. The van der Waals surface area contributed by atoms with Gasteiger partial charge in [0.15, 0.2) is 0 Å². The molecular formula is C12H25NOS. The van der Waals surface area contributed by atoms with Crippen LogP contribution in [-0.4, -0.2) is 37.3 Å². The van der Waals surface area contributed by atoms with Crippen LogP contribution in [0.15, 0.2) is 0 Å². The summed E-state index contributed by atoms with van der Waals surface area (Å²) in [5.41, 5.74) is 0. The lowest BCUT2D eigenvalue weighted by Gasteiger charge is -2.09. The van der Waals surface area contributed by atoms with Gasteiger partial charge >= 0.3 is 0 Å². The van der Waals surface area contributed by atoms with Crippen molar-refractivity contribution in [1.82, 2.24) is 5.32 Å². The molecule has 0 aromatic rings. The van der Waals surface area contributed by atoms with Crippen molar-refractivity contribution in [3.63, 3.8) is 0 Å². The molecule has 1 unspecified atom stereocenters. The topological polar surface area (TPSA) is 21.3 Å². The van der Waals surface area contributed by atoms with Gasteiger partial charge in [0, 0.05) is 24.7 Å². The van der Waals surface area contributed by atoms with E-state index in [2.05, 4.69) is 19.2 Å². The first-order chi connectivity index (χ1) is 7.29. The molecule has 0 saturated carbocycles. The van der Waals surface area contributed by atoms with Gasteiger partial charge in [-0.15, -0.1) is 0 Å². The lowest BCUT2D eigenvalue weighted by Crippen LogP contribution is -2.20. The van der Waals surface area contributed by atoms with Crippen molar-refractivity contribution < 1.29 is 4.74 Å². The van der Waals surface area contributed by atoms with Gasteiger partial charge in [0.2, 0.25) is 0 Å². The molecule has 1 fully saturated rings. The summed E-state index contributed by atoms with van der Waals surface area (Å²) in [6.07, 6.45) is 4.37. The van der Waals surface area contributed by atoms with Crippen LogP contribution < -0.4 is 5.32 Å². The lowest BCUT2D eigenvalue weighted by molar-refractivity contribution is 0.129. The van der Waals surface area contributed by atoms with E-state index in [4.69, 9.17) is 4.74 Å².